The van der Waals surface area contributed by atoms with E-state index < -0.39 is 17.4 Å². The van der Waals surface area contributed by atoms with Crippen molar-refractivity contribution in [3.63, 3.8) is 0 Å². The van der Waals surface area contributed by atoms with Crippen LogP contribution in [0, 0.1) is 34.0 Å². The Bertz CT molecular complexity index is 513. The van der Waals surface area contributed by atoms with Crippen molar-refractivity contribution >= 4 is 11.9 Å². The summed E-state index contributed by atoms with van der Waals surface area (Å²) >= 11 is 0. The third-order valence-electron chi connectivity index (χ3n) is 6.82. The van der Waals surface area contributed by atoms with E-state index in [0.29, 0.717) is 30.6 Å². The van der Waals surface area contributed by atoms with Crippen molar-refractivity contribution in [1.29, 1.82) is 0 Å². The van der Waals surface area contributed by atoms with Crippen LogP contribution in [0.1, 0.15) is 26.2 Å². The molecular formula is C16H22O5. The van der Waals surface area contributed by atoms with Gasteiger partial charge in [-0.3, -0.25) is 9.59 Å². The van der Waals surface area contributed by atoms with Gasteiger partial charge in [0.15, 0.2) is 5.41 Å². The van der Waals surface area contributed by atoms with Gasteiger partial charge in [0.25, 0.3) is 0 Å². The monoisotopic (exact) mass is 294 g/mol. The molecule has 0 bridgehead atoms. The second-order valence-electron chi connectivity index (χ2n) is 7.70. The van der Waals surface area contributed by atoms with E-state index in [9.17, 15) is 9.59 Å². The maximum atomic E-state index is 12.3. The molecular weight excluding hydrogens is 272 g/mol. The molecule has 1 saturated heterocycles. The van der Waals surface area contributed by atoms with Crippen molar-refractivity contribution in [1.82, 2.24) is 0 Å². The Kier molecular flexibility index (Phi) is 2.46. The van der Waals surface area contributed by atoms with Crippen molar-refractivity contribution in [3.05, 3.63) is 0 Å². The van der Waals surface area contributed by atoms with Crippen molar-refractivity contribution in [2.75, 3.05) is 27.4 Å². The molecule has 5 nitrogen and oxygen atoms in total. The molecule has 3 aliphatic carbocycles. The maximum absolute atomic E-state index is 12.3. The summed E-state index contributed by atoms with van der Waals surface area (Å²) in [6.07, 6.45) is 2.30. The Balaban J connectivity index is 1.69. The summed E-state index contributed by atoms with van der Waals surface area (Å²) in [5, 5.41) is 0. The average Bonchev–Trinajstić information content (AvgIpc) is 3.27. The van der Waals surface area contributed by atoms with Crippen molar-refractivity contribution < 1.29 is 23.8 Å². The Morgan fingerprint density at radius 1 is 1.10 bits per heavy atom. The van der Waals surface area contributed by atoms with E-state index in [1.54, 1.807) is 0 Å². The summed E-state index contributed by atoms with van der Waals surface area (Å²) in [6.45, 7) is 3.85. The fourth-order valence-corrected chi connectivity index (χ4v) is 5.72. The lowest BCUT2D eigenvalue weighted by Crippen LogP contribution is -2.41. The van der Waals surface area contributed by atoms with Crippen LogP contribution in [-0.4, -0.2) is 39.4 Å². The van der Waals surface area contributed by atoms with Crippen LogP contribution in [-0.2, 0) is 23.8 Å². The number of methoxy groups -OCH3 is 2. The molecule has 0 N–H and O–H groups in total. The van der Waals surface area contributed by atoms with Crippen molar-refractivity contribution in [3.8, 4) is 0 Å². The lowest BCUT2D eigenvalue weighted by Gasteiger charge is -2.28. The quantitative estimate of drug-likeness (QED) is 0.569. The van der Waals surface area contributed by atoms with Crippen LogP contribution in [0.5, 0.6) is 0 Å². The second-order valence-corrected chi connectivity index (χ2v) is 7.70. The fraction of sp³-hybridized carbons (Fsp3) is 0.875. The summed E-state index contributed by atoms with van der Waals surface area (Å²) in [6, 6.07) is 0. The van der Waals surface area contributed by atoms with E-state index in [2.05, 4.69) is 6.92 Å². The highest BCUT2D eigenvalue weighted by Gasteiger charge is 2.84. The molecule has 5 heteroatoms. The zero-order chi connectivity index (χ0) is 15.0. The minimum Gasteiger partial charge on any atom is -0.468 e. The number of esters is 2. The first-order valence-electron chi connectivity index (χ1n) is 7.69. The molecule has 3 saturated carbocycles. The topological polar surface area (TPSA) is 61.8 Å². The number of fused-ring (bicyclic) bond motifs is 2. The Morgan fingerprint density at radius 2 is 1.76 bits per heavy atom. The Labute approximate surface area is 124 Å². The minimum absolute atomic E-state index is 0.105. The lowest BCUT2D eigenvalue weighted by molar-refractivity contribution is -0.170. The van der Waals surface area contributed by atoms with Gasteiger partial charge in [-0.1, -0.05) is 6.92 Å². The maximum Gasteiger partial charge on any atom is 0.323 e. The van der Waals surface area contributed by atoms with E-state index >= 15 is 0 Å². The van der Waals surface area contributed by atoms with Gasteiger partial charge in [0.2, 0.25) is 0 Å². The number of hydrogen-bond donors (Lipinski definition) is 0. The second kappa shape index (κ2) is 3.80. The molecule has 1 unspecified atom stereocenters. The van der Waals surface area contributed by atoms with Gasteiger partial charge < -0.3 is 14.2 Å². The summed E-state index contributed by atoms with van der Waals surface area (Å²) in [7, 11) is 2.70. The highest BCUT2D eigenvalue weighted by atomic mass is 16.5. The van der Waals surface area contributed by atoms with Gasteiger partial charge in [0, 0.05) is 0 Å². The summed E-state index contributed by atoms with van der Waals surface area (Å²) < 4.78 is 15.7. The van der Waals surface area contributed by atoms with E-state index in [1.807, 2.05) is 0 Å². The van der Waals surface area contributed by atoms with Crippen molar-refractivity contribution in [2.24, 2.45) is 34.0 Å². The fourth-order valence-electron chi connectivity index (χ4n) is 5.72. The van der Waals surface area contributed by atoms with Gasteiger partial charge >= 0.3 is 11.9 Å². The molecule has 1 aliphatic heterocycles. The molecule has 0 aromatic carbocycles. The van der Waals surface area contributed by atoms with Crippen LogP contribution in [0.4, 0.5) is 0 Å². The molecule has 5 atom stereocenters. The third kappa shape index (κ3) is 1.41. The molecule has 4 rings (SSSR count). The Morgan fingerprint density at radius 3 is 2.38 bits per heavy atom. The molecule has 0 radical (unpaired) electrons. The predicted molar refractivity (Wildman–Crippen MR) is 72.1 cm³/mol. The van der Waals surface area contributed by atoms with Crippen LogP contribution >= 0.6 is 0 Å². The molecule has 0 aromatic rings. The molecule has 0 amide bonds. The first-order valence-corrected chi connectivity index (χ1v) is 7.69. The number of ether oxygens (including phenoxy) is 3. The molecule has 4 aliphatic rings. The highest BCUT2D eigenvalue weighted by molar-refractivity contribution is 6.01. The SMILES string of the molecule is COC(=O)C1(C(=O)OC)C[C@H]2[C@@H]3COC[C@@]4(C)C[C@H]4C32C1. The first-order chi connectivity index (χ1) is 9.94. The van der Waals surface area contributed by atoms with Crippen LogP contribution in [0.15, 0.2) is 0 Å². The number of carbonyl (C=O) groups excluding carboxylic acids is 2. The predicted octanol–water partition coefficient (Wildman–Crippen LogP) is 1.40. The van der Waals surface area contributed by atoms with E-state index in [4.69, 9.17) is 14.2 Å². The van der Waals surface area contributed by atoms with E-state index in [0.717, 1.165) is 19.6 Å². The molecule has 21 heavy (non-hydrogen) atoms. The van der Waals surface area contributed by atoms with Gasteiger partial charge in [0.05, 0.1) is 27.4 Å². The van der Waals surface area contributed by atoms with Gasteiger partial charge in [0.1, 0.15) is 0 Å². The average molecular weight is 294 g/mol. The van der Waals surface area contributed by atoms with E-state index in [1.165, 1.54) is 14.2 Å². The zero-order valence-corrected chi connectivity index (χ0v) is 12.8. The summed E-state index contributed by atoms with van der Waals surface area (Å²) in [4.78, 5) is 24.6. The third-order valence-corrected chi connectivity index (χ3v) is 6.82. The van der Waals surface area contributed by atoms with E-state index in [-0.39, 0.29) is 10.8 Å². The highest BCUT2D eigenvalue weighted by Crippen LogP contribution is 2.84. The van der Waals surface area contributed by atoms with Gasteiger partial charge in [-0.2, -0.15) is 0 Å². The van der Waals surface area contributed by atoms with Crippen LogP contribution < -0.4 is 0 Å². The van der Waals surface area contributed by atoms with Crippen LogP contribution in [0.2, 0.25) is 0 Å². The smallest absolute Gasteiger partial charge is 0.323 e. The summed E-state index contributed by atoms with van der Waals surface area (Å²) in [5.74, 6) is 0.639. The van der Waals surface area contributed by atoms with Gasteiger partial charge in [-0.05, 0) is 47.8 Å². The van der Waals surface area contributed by atoms with Crippen molar-refractivity contribution in [2.45, 2.75) is 26.2 Å². The van der Waals surface area contributed by atoms with Crippen LogP contribution in [0.3, 0.4) is 0 Å². The Hall–Kier alpha value is -1.10. The molecule has 4 fully saturated rings. The lowest BCUT2D eigenvalue weighted by atomic mass is 9.76. The summed E-state index contributed by atoms with van der Waals surface area (Å²) in [5.41, 5.74) is -0.738. The van der Waals surface area contributed by atoms with Crippen LogP contribution in [0.25, 0.3) is 0 Å². The minimum atomic E-state index is -1.08. The molecule has 1 spiro atoms. The first kappa shape index (κ1) is 13.6. The van der Waals surface area contributed by atoms with Gasteiger partial charge in [-0.15, -0.1) is 0 Å². The van der Waals surface area contributed by atoms with Gasteiger partial charge in [-0.25, -0.2) is 0 Å². The normalized spacial score (nSPS) is 48.2. The zero-order valence-electron chi connectivity index (χ0n) is 12.8. The number of rotatable bonds is 2. The molecule has 0 aromatic heterocycles. The standard InChI is InChI=1S/C16H22O5/c1-14-5-11(14)16-7-15(12(17)19-2,13(18)20-3)4-9(16)10(16)6-21-8-14/h9-11H,4-8H2,1-3H3/t9-,10-,11+,14+,16?/m0/s1. The largest absolute Gasteiger partial charge is 0.468 e. The molecule has 116 valence electrons. The number of carbonyl (C=O) groups is 2. The molecule has 1 heterocycles. The number of hydrogen-bond acceptors (Lipinski definition) is 5.